The first kappa shape index (κ1) is 17.0. The highest BCUT2D eigenvalue weighted by Crippen LogP contribution is 2.24. The molecule has 0 aliphatic heterocycles. The Morgan fingerprint density at radius 1 is 0.900 bits per heavy atom. The highest BCUT2D eigenvalue weighted by Gasteiger charge is 2.08. The Balaban J connectivity index is 2.77. The van der Waals surface area contributed by atoms with Crippen molar-refractivity contribution in [3.8, 4) is 0 Å². The SMILES string of the molecule is C=C(C)[C@@H]1CC=C(C)CCC=C(C)CCC=C(C)CC1. The number of hydrogen-bond donors (Lipinski definition) is 0. The number of allylic oxidation sites excluding steroid dienone is 7. The molecule has 0 bridgehead atoms. The van der Waals surface area contributed by atoms with E-state index in [1.54, 1.807) is 11.1 Å². The van der Waals surface area contributed by atoms with Gasteiger partial charge in [-0.2, -0.15) is 0 Å². The van der Waals surface area contributed by atoms with Gasteiger partial charge in [-0.3, -0.25) is 0 Å². The van der Waals surface area contributed by atoms with E-state index in [1.165, 1.54) is 49.7 Å². The van der Waals surface area contributed by atoms with Crippen LogP contribution in [0.1, 0.15) is 72.6 Å². The molecule has 20 heavy (non-hydrogen) atoms. The molecule has 112 valence electrons. The van der Waals surface area contributed by atoms with Gasteiger partial charge in [0.25, 0.3) is 0 Å². The Labute approximate surface area is 126 Å². The molecule has 0 unspecified atom stereocenters. The van der Waals surface area contributed by atoms with E-state index in [-0.39, 0.29) is 0 Å². The molecule has 0 N–H and O–H groups in total. The average Bonchev–Trinajstić information content (AvgIpc) is 2.37. The minimum absolute atomic E-state index is 0.647. The third-order valence-corrected chi connectivity index (χ3v) is 4.40. The second-order valence-electron chi connectivity index (χ2n) is 6.55. The Kier molecular flexibility index (Phi) is 7.65. The maximum Gasteiger partial charge on any atom is -0.0171 e. The minimum atomic E-state index is 0.647. The predicted molar refractivity (Wildman–Crippen MR) is 91.9 cm³/mol. The van der Waals surface area contributed by atoms with E-state index in [0.29, 0.717) is 5.92 Å². The lowest BCUT2D eigenvalue weighted by Gasteiger charge is -2.16. The lowest BCUT2D eigenvalue weighted by Crippen LogP contribution is -2.01. The van der Waals surface area contributed by atoms with Crippen molar-refractivity contribution < 1.29 is 0 Å². The van der Waals surface area contributed by atoms with Crippen molar-refractivity contribution in [1.29, 1.82) is 0 Å². The molecule has 1 rings (SSSR count). The summed E-state index contributed by atoms with van der Waals surface area (Å²) in [4.78, 5) is 0. The van der Waals surface area contributed by atoms with Crippen LogP contribution in [0.2, 0.25) is 0 Å². The van der Waals surface area contributed by atoms with Gasteiger partial charge in [0.05, 0.1) is 0 Å². The second-order valence-corrected chi connectivity index (χ2v) is 6.55. The smallest absolute Gasteiger partial charge is 0.0171 e. The Bertz CT molecular complexity index is 404. The largest absolute Gasteiger partial charge is 0.0998 e. The highest BCUT2D eigenvalue weighted by atomic mass is 14.1. The molecule has 0 spiro atoms. The predicted octanol–water partition coefficient (Wildman–Crippen LogP) is 6.76. The van der Waals surface area contributed by atoms with Crippen molar-refractivity contribution in [3.05, 3.63) is 47.1 Å². The summed E-state index contributed by atoms with van der Waals surface area (Å²) in [5, 5.41) is 0. The van der Waals surface area contributed by atoms with Crippen LogP contribution >= 0.6 is 0 Å². The number of hydrogen-bond acceptors (Lipinski definition) is 0. The van der Waals surface area contributed by atoms with Crippen molar-refractivity contribution >= 4 is 0 Å². The third kappa shape index (κ3) is 6.93. The van der Waals surface area contributed by atoms with E-state index >= 15 is 0 Å². The van der Waals surface area contributed by atoms with Gasteiger partial charge in [0.1, 0.15) is 0 Å². The summed E-state index contributed by atoms with van der Waals surface area (Å²) in [6, 6.07) is 0. The van der Waals surface area contributed by atoms with Crippen LogP contribution in [0, 0.1) is 5.92 Å². The standard InChI is InChI=1S/C20H32/c1-16(2)20-14-12-18(4)10-6-8-17(3)9-7-11-19(5)13-15-20/h8,11-12,20H,1,6-7,9-10,13-15H2,2-5H3/t20-/m1/s1. The first-order valence-corrected chi connectivity index (χ1v) is 8.11. The van der Waals surface area contributed by atoms with Crippen LogP contribution < -0.4 is 0 Å². The molecule has 0 aromatic carbocycles. The van der Waals surface area contributed by atoms with Gasteiger partial charge in [0, 0.05) is 0 Å². The first-order chi connectivity index (χ1) is 9.49. The Morgan fingerprint density at radius 2 is 1.40 bits per heavy atom. The molecule has 0 heteroatoms. The fraction of sp³-hybridized carbons (Fsp3) is 0.600. The molecule has 0 fully saturated rings. The van der Waals surface area contributed by atoms with Crippen molar-refractivity contribution in [1.82, 2.24) is 0 Å². The normalized spacial score (nSPS) is 23.2. The fourth-order valence-corrected chi connectivity index (χ4v) is 2.71. The monoisotopic (exact) mass is 272 g/mol. The zero-order valence-electron chi connectivity index (χ0n) is 14.0. The minimum Gasteiger partial charge on any atom is -0.0998 e. The summed E-state index contributed by atoms with van der Waals surface area (Å²) in [6.45, 7) is 13.2. The van der Waals surface area contributed by atoms with E-state index in [4.69, 9.17) is 0 Å². The van der Waals surface area contributed by atoms with E-state index in [0.717, 1.165) is 6.42 Å². The van der Waals surface area contributed by atoms with E-state index in [9.17, 15) is 0 Å². The van der Waals surface area contributed by atoms with Crippen molar-refractivity contribution in [2.75, 3.05) is 0 Å². The molecule has 1 aliphatic rings. The summed E-state index contributed by atoms with van der Waals surface area (Å²) < 4.78 is 0. The van der Waals surface area contributed by atoms with Gasteiger partial charge in [-0.1, -0.05) is 47.1 Å². The van der Waals surface area contributed by atoms with Gasteiger partial charge in [0.15, 0.2) is 0 Å². The third-order valence-electron chi connectivity index (χ3n) is 4.40. The van der Waals surface area contributed by atoms with Gasteiger partial charge in [-0.25, -0.2) is 0 Å². The average molecular weight is 272 g/mol. The van der Waals surface area contributed by atoms with E-state index in [1.807, 2.05) is 0 Å². The molecule has 0 heterocycles. The van der Waals surface area contributed by atoms with Crippen LogP contribution in [0.3, 0.4) is 0 Å². The zero-order chi connectivity index (χ0) is 15.0. The quantitative estimate of drug-likeness (QED) is 0.462. The van der Waals surface area contributed by atoms with Gasteiger partial charge in [0.2, 0.25) is 0 Å². The highest BCUT2D eigenvalue weighted by molar-refractivity contribution is 5.09. The number of rotatable bonds is 1. The van der Waals surface area contributed by atoms with Crippen LogP contribution in [0.4, 0.5) is 0 Å². The first-order valence-electron chi connectivity index (χ1n) is 8.11. The molecule has 0 saturated heterocycles. The molecule has 0 radical (unpaired) electrons. The maximum atomic E-state index is 4.18. The molecule has 0 amide bonds. The molecule has 0 aromatic rings. The molecule has 0 nitrogen and oxygen atoms in total. The molecular weight excluding hydrogens is 240 g/mol. The summed E-state index contributed by atoms with van der Waals surface area (Å²) in [5.41, 5.74) is 5.95. The maximum absolute atomic E-state index is 4.18. The van der Waals surface area contributed by atoms with Gasteiger partial charge < -0.3 is 0 Å². The van der Waals surface area contributed by atoms with Crippen LogP contribution in [0.5, 0.6) is 0 Å². The van der Waals surface area contributed by atoms with Crippen LogP contribution in [0.15, 0.2) is 47.1 Å². The summed E-state index contributed by atoms with van der Waals surface area (Å²) in [6.07, 6.45) is 15.7. The van der Waals surface area contributed by atoms with Crippen molar-refractivity contribution in [3.63, 3.8) is 0 Å². The summed E-state index contributed by atoms with van der Waals surface area (Å²) in [5.74, 6) is 0.647. The van der Waals surface area contributed by atoms with Crippen molar-refractivity contribution in [2.24, 2.45) is 5.92 Å². The lowest BCUT2D eigenvalue weighted by molar-refractivity contribution is 0.564. The molecule has 1 aliphatic carbocycles. The summed E-state index contributed by atoms with van der Waals surface area (Å²) >= 11 is 0. The van der Waals surface area contributed by atoms with E-state index < -0.39 is 0 Å². The Morgan fingerprint density at radius 3 is 1.95 bits per heavy atom. The lowest BCUT2D eigenvalue weighted by atomic mass is 9.89. The summed E-state index contributed by atoms with van der Waals surface area (Å²) in [7, 11) is 0. The van der Waals surface area contributed by atoms with Crippen LogP contribution in [-0.4, -0.2) is 0 Å². The van der Waals surface area contributed by atoms with Crippen molar-refractivity contribution in [2.45, 2.75) is 72.6 Å². The second kappa shape index (κ2) is 9.00. The van der Waals surface area contributed by atoms with Gasteiger partial charge in [-0.15, -0.1) is 0 Å². The molecule has 1 atom stereocenters. The van der Waals surface area contributed by atoms with Gasteiger partial charge in [-0.05, 0) is 78.6 Å². The molecule has 0 saturated carbocycles. The zero-order valence-corrected chi connectivity index (χ0v) is 14.0. The van der Waals surface area contributed by atoms with E-state index in [2.05, 4.69) is 52.5 Å². The molecule has 0 aromatic heterocycles. The molecular formula is C20H32. The van der Waals surface area contributed by atoms with Gasteiger partial charge >= 0.3 is 0 Å². The topological polar surface area (TPSA) is 0 Å². The fourth-order valence-electron chi connectivity index (χ4n) is 2.71. The van der Waals surface area contributed by atoms with Crippen LogP contribution in [0.25, 0.3) is 0 Å². The van der Waals surface area contributed by atoms with Crippen LogP contribution in [-0.2, 0) is 0 Å². The Hall–Kier alpha value is -1.04.